The fraction of sp³-hybridized carbons (Fsp3) is 0.190. The zero-order valence-corrected chi connectivity index (χ0v) is 15.0. The Labute approximate surface area is 156 Å². The molecule has 5 rings (SSSR count). The van der Waals surface area contributed by atoms with Crippen molar-refractivity contribution in [1.82, 2.24) is 23.8 Å². The van der Waals surface area contributed by atoms with Crippen LogP contribution in [0.3, 0.4) is 0 Å². The van der Waals surface area contributed by atoms with Gasteiger partial charge >= 0.3 is 0 Å². The summed E-state index contributed by atoms with van der Waals surface area (Å²) in [6.45, 7) is 3.17. The number of hydrogen-bond acceptors (Lipinski definition) is 3. The Hall–Kier alpha value is -3.41. The molecule has 4 aromatic rings. The van der Waals surface area contributed by atoms with Crippen LogP contribution in [0.1, 0.15) is 33.6 Å². The summed E-state index contributed by atoms with van der Waals surface area (Å²) in [5.41, 5.74) is 3.41. The molecule has 1 aliphatic rings. The molecule has 1 aliphatic heterocycles. The topological polar surface area (TPSA) is 55.4 Å². The lowest BCUT2D eigenvalue weighted by Crippen LogP contribution is -2.41. The van der Waals surface area contributed by atoms with E-state index in [0.29, 0.717) is 18.8 Å². The lowest BCUT2D eigenvalue weighted by Gasteiger charge is -2.36. The van der Waals surface area contributed by atoms with Crippen LogP contribution in [0.2, 0.25) is 0 Å². The van der Waals surface area contributed by atoms with Crippen LogP contribution >= 0.6 is 0 Å². The molecule has 3 aromatic heterocycles. The van der Waals surface area contributed by atoms with Crippen molar-refractivity contribution in [1.29, 1.82) is 0 Å². The summed E-state index contributed by atoms with van der Waals surface area (Å²) in [6, 6.07) is 16.0. The maximum absolute atomic E-state index is 13.4. The predicted octanol–water partition coefficient (Wildman–Crippen LogP) is 3.24. The number of carbonyl (C=O) groups is 1. The van der Waals surface area contributed by atoms with Crippen molar-refractivity contribution >= 4 is 11.6 Å². The van der Waals surface area contributed by atoms with Crippen LogP contribution < -0.4 is 0 Å². The standard InChI is InChI=1S/C21H19N5O/c1-15-6-5-9-19-23-17(12-25(15)19)21(27)26-14-20-22-10-11-24(20)13-18(26)16-7-3-2-4-8-16/h2-12,18H,13-14H2,1H3/t18-/m0/s1. The molecule has 1 aromatic carbocycles. The number of carbonyl (C=O) groups excluding carboxylic acids is 1. The molecule has 0 saturated heterocycles. The molecule has 0 bridgehead atoms. The highest BCUT2D eigenvalue weighted by Gasteiger charge is 2.33. The van der Waals surface area contributed by atoms with E-state index in [9.17, 15) is 4.79 Å². The van der Waals surface area contributed by atoms with Crippen molar-refractivity contribution in [3.63, 3.8) is 0 Å². The molecule has 0 N–H and O–H groups in total. The van der Waals surface area contributed by atoms with Crippen molar-refractivity contribution in [2.24, 2.45) is 0 Å². The molecule has 0 spiro atoms. The van der Waals surface area contributed by atoms with Crippen molar-refractivity contribution in [3.05, 3.63) is 89.9 Å². The maximum Gasteiger partial charge on any atom is 0.275 e. The molecule has 1 atom stereocenters. The Morgan fingerprint density at radius 1 is 1.11 bits per heavy atom. The van der Waals surface area contributed by atoms with Crippen LogP contribution in [0.5, 0.6) is 0 Å². The van der Waals surface area contributed by atoms with Gasteiger partial charge in [0.1, 0.15) is 17.2 Å². The van der Waals surface area contributed by atoms with Gasteiger partial charge in [0.15, 0.2) is 0 Å². The summed E-state index contributed by atoms with van der Waals surface area (Å²) in [7, 11) is 0. The lowest BCUT2D eigenvalue weighted by atomic mass is 10.0. The fourth-order valence-corrected chi connectivity index (χ4v) is 3.78. The summed E-state index contributed by atoms with van der Waals surface area (Å²) >= 11 is 0. The molecule has 1 amide bonds. The summed E-state index contributed by atoms with van der Waals surface area (Å²) in [6.07, 6.45) is 5.59. The number of amides is 1. The van der Waals surface area contributed by atoms with Crippen molar-refractivity contribution < 1.29 is 4.79 Å². The number of nitrogens with zero attached hydrogens (tertiary/aromatic N) is 5. The molecule has 4 heterocycles. The Kier molecular flexibility index (Phi) is 3.57. The summed E-state index contributed by atoms with van der Waals surface area (Å²) in [5, 5.41) is 0. The molecule has 27 heavy (non-hydrogen) atoms. The highest BCUT2D eigenvalue weighted by molar-refractivity contribution is 5.93. The highest BCUT2D eigenvalue weighted by Crippen LogP contribution is 2.30. The molecule has 134 valence electrons. The number of aromatic nitrogens is 4. The van der Waals surface area contributed by atoms with Crippen LogP contribution in [0.4, 0.5) is 0 Å². The number of fused-ring (bicyclic) bond motifs is 2. The highest BCUT2D eigenvalue weighted by atomic mass is 16.2. The van der Waals surface area contributed by atoms with Crippen LogP contribution in [0, 0.1) is 6.92 Å². The smallest absolute Gasteiger partial charge is 0.275 e. The second-order valence-corrected chi connectivity index (χ2v) is 6.88. The summed E-state index contributed by atoms with van der Waals surface area (Å²) < 4.78 is 4.07. The third-order valence-corrected chi connectivity index (χ3v) is 5.22. The van der Waals surface area contributed by atoms with E-state index < -0.39 is 0 Å². The quantitative estimate of drug-likeness (QED) is 0.553. The van der Waals surface area contributed by atoms with Crippen LogP contribution in [0.15, 0.2) is 67.1 Å². The van der Waals surface area contributed by atoms with Crippen LogP contribution in [-0.4, -0.2) is 29.7 Å². The van der Waals surface area contributed by atoms with Gasteiger partial charge in [-0.3, -0.25) is 4.79 Å². The molecule has 6 heteroatoms. The third kappa shape index (κ3) is 2.61. The Balaban J connectivity index is 1.57. The Bertz CT molecular complexity index is 1130. The molecule has 0 unspecified atom stereocenters. The first-order valence-corrected chi connectivity index (χ1v) is 9.01. The number of pyridine rings is 1. The molecular weight excluding hydrogens is 338 g/mol. The van der Waals surface area contributed by atoms with Gasteiger partial charge in [-0.05, 0) is 24.6 Å². The fourth-order valence-electron chi connectivity index (χ4n) is 3.78. The Morgan fingerprint density at radius 2 is 1.96 bits per heavy atom. The first kappa shape index (κ1) is 15.8. The van der Waals surface area contributed by atoms with Gasteiger partial charge in [0.25, 0.3) is 5.91 Å². The van der Waals surface area contributed by atoms with Crippen molar-refractivity contribution in [2.75, 3.05) is 0 Å². The van der Waals surface area contributed by atoms with Gasteiger partial charge in [0.2, 0.25) is 0 Å². The van der Waals surface area contributed by atoms with Gasteiger partial charge in [0, 0.05) is 30.8 Å². The number of benzene rings is 1. The second-order valence-electron chi connectivity index (χ2n) is 6.88. The van der Waals surface area contributed by atoms with E-state index in [-0.39, 0.29) is 11.9 Å². The van der Waals surface area contributed by atoms with E-state index in [1.807, 2.05) is 65.0 Å². The minimum absolute atomic E-state index is 0.0497. The van der Waals surface area contributed by atoms with Gasteiger partial charge in [-0.1, -0.05) is 36.4 Å². The van der Waals surface area contributed by atoms with Crippen LogP contribution in [-0.2, 0) is 13.1 Å². The summed E-state index contributed by atoms with van der Waals surface area (Å²) in [4.78, 5) is 24.3. The van der Waals surface area contributed by atoms with Gasteiger partial charge in [-0.15, -0.1) is 0 Å². The molecule has 0 fully saturated rings. The van der Waals surface area contributed by atoms with E-state index >= 15 is 0 Å². The van der Waals surface area contributed by atoms with E-state index in [1.165, 1.54) is 0 Å². The number of hydrogen-bond donors (Lipinski definition) is 0. The maximum atomic E-state index is 13.4. The number of imidazole rings is 2. The minimum Gasteiger partial charge on any atom is -0.331 e. The van der Waals surface area contributed by atoms with E-state index in [0.717, 1.165) is 22.7 Å². The third-order valence-electron chi connectivity index (χ3n) is 5.22. The van der Waals surface area contributed by atoms with Crippen molar-refractivity contribution in [3.8, 4) is 0 Å². The molecule has 0 radical (unpaired) electrons. The largest absolute Gasteiger partial charge is 0.331 e. The van der Waals surface area contributed by atoms with Gasteiger partial charge in [-0.25, -0.2) is 9.97 Å². The monoisotopic (exact) mass is 357 g/mol. The average Bonchev–Trinajstić information content (AvgIpc) is 3.34. The SMILES string of the molecule is Cc1cccc2nc(C(=O)N3Cc4nccn4C[C@H]3c3ccccc3)cn12. The van der Waals surface area contributed by atoms with E-state index in [1.54, 1.807) is 6.20 Å². The zero-order valence-electron chi connectivity index (χ0n) is 15.0. The first-order valence-electron chi connectivity index (χ1n) is 9.01. The Morgan fingerprint density at radius 3 is 2.78 bits per heavy atom. The average molecular weight is 357 g/mol. The number of rotatable bonds is 2. The van der Waals surface area contributed by atoms with Gasteiger partial charge in [0.05, 0.1) is 12.6 Å². The lowest BCUT2D eigenvalue weighted by molar-refractivity contribution is 0.0579. The van der Waals surface area contributed by atoms with E-state index in [4.69, 9.17) is 0 Å². The predicted molar refractivity (Wildman–Crippen MR) is 101 cm³/mol. The molecule has 6 nitrogen and oxygen atoms in total. The van der Waals surface area contributed by atoms with Crippen LogP contribution in [0.25, 0.3) is 5.65 Å². The normalized spacial score (nSPS) is 16.5. The molecule has 0 aliphatic carbocycles. The molecular formula is C21H19N5O. The van der Waals surface area contributed by atoms with Gasteiger partial charge < -0.3 is 13.9 Å². The van der Waals surface area contributed by atoms with Crippen molar-refractivity contribution in [2.45, 2.75) is 26.1 Å². The first-order chi connectivity index (χ1) is 13.2. The van der Waals surface area contributed by atoms with Gasteiger partial charge in [-0.2, -0.15) is 0 Å². The summed E-state index contributed by atoms with van der Waals surface area (Å²) in [5.74, 6) is 0.830. The second kappa shape index (κ2) is 6.09. The minimum atomic E-state index is -0.0683. The van der Waals surface area contributed by atoms with E-state index in [2.05, 4.69) is 26.7 Å². The zero-order chi connectivity index (χ0) is 18.4. The number of aryl methyl sites for hydroxylation is 1. The molecule has 0 saturated carbocycles.